The molecule has 1 aliphatic rings. The van der Waals surface area contributed by atoms with Crippen LogP contribution in [0.2, 0.25) is 0 Å². The summed E-state index contributed by atoms with van der Waals surface area (Å²) in [5, 5.41) is 0. The maximum atomic E-state index is 2.42. The van der Waals surface area contributed by atoms with Crippen LogP contribution in [0.4, 0.5) is 0 Å². The van der Waals surface area contributed by atoms with E-state index in [-0.39, 0.29) is 17.0 Å². The summed E-state index contributed by atoms with van der Waals surface area (Å²) in [5.41, 5.74) is 7.21. The molecule has 2 heteroatoms. The van der Waals surface area contributed by atoms with E-state index in [1.54, 1.807) is 0 Å². The van der Waals surface area contributed by atoms with Gasteiger partial charge in [-0.2, -0.15) is 0 Å². The zero-order valence-electron chi connectivity index (χ0n) is 13.4. The molecule has 0 aliphatic heterocycles. The minimum absolute atomic E-state index is 0. The van der Waals surface area contributed by atoms with Crippen molar-refractivity contribution in [2.75, 3.05) is 20.6 Å². The number of hydrogen-bond acceptors (Lipinski definition) is 1. The van der Waals surface area contributed by atoms with Gasteiger partial charge in [-0.1, -0.05) is 54.6 Å². The first-order valence-electron chi connectivity index (χ1n) is 7.77. The van der Waals surface area contributed by atoms with Crippen molar-refractivity contribution in [2.24, 2.45) is 0 Å². The molecule has 0 radical (unpaired) electrons. The predicted molar refractivity (Wildman–Crippen MR) is 101 cm³/mol. The van der Waals surface area contributed by atoms with Gasteiger partial charge in [-0.15, -0.1) is 17.0 Å². The lowest BCUT2D eigenvalue weighted by Gasteiger charge is -2.13. The second-order valence-electron chi connectivity index (χ2n) is 6.02. The van der Waals surface area contributed by atoms with E-state index in [2.05, 4.69) is 73.6 Å². The molecule has 0 fully saturated rings. The summed E-state index contributed by atoms with van der Waals surface area (Å²) in [4.78, 5) is 2.24. The van der Waals surface area contributed by atoms with Gasteiger partial charge in [0.25, 0.3) is 0 Å². The average molecular weight is 358 g/mol. The lowest BCUT2D eigenvalue weighted by atomic mass is 9.93. The van der Waals surface area contributed by atoms with E-state index in [4.69, 9.17) is 0 Å². The molecular weight excluding hydrogens is 334 g/mol. The molecule has 0 heterocycles. The Hall–Kier alpha value is -1.38. The standard InChI is InChI=1S/C20H23N.BrH/c1-21(2)15-7-12-20-18-10-5-3-8-16(18)13-14-17-9-4-6-11-19(17)20;/h3-6,8-12H,7,13-15H2,1-2H3;1H. The van der Waals surface area contributed by atoms with Gasteiger partial charge < -0.3 is 4.90 Å². The van der Waals surface area contributed by atoms with Gasteiger partial charge in [0.05, 0.1) is 0 Å². The lowest BCUT2D eigenvalue weighted by molar-refractivity contribution is 0.417. The van der Waals surface area contributed by atoms with Crippen LogP contribution in [-0.4, -0.2) is 25.5 Å². The van der Waals surface area contributed by atoms with Gasteiger partial charge in [-0.25, -0.2) is 0 Å². The molecule has 0 saturated carbocycles. The average Bonchev–Trinajstić information content (AvgIpc) is 2.65. The highest BCUT2D eigenvalue weighted by Gasteiger charge is 2.16. The number of benzene rings is 2. The zero-order chi connectivity index (χ0) is 14.7. The highest BCUT2D eigenvalue weighted by atomic mass is 79.9. The monoisotopic (exact) mass is 357 g/mol. The van der Waals surface area contributed by atoms with Gasteiger partial charge >= 0.3 is 0 Å². The van der Waals surface area contributed by atoms with Gasteiger partial charge in [-0.05, 0) is 61.2 Å². The molecular formula is C20H24BrN. The van der Waals surface area contributed by atoms with Crippen LogP contribution in [0.5, 0.6) is 0 Å². The van der Waals surface area contributed by atoms with Crippen LogP contribution in [0.1, 0.15) is 28.7 Å². The van der Waals surface area contributed by atoms with E-state index in [1.807, 2.05) is 0 Å². The van der Waals surface area contributed by atoms with Crippen LogP contribution in [0, 0.1) is 0 Å². The number of fused-ring (bicyclic) bond motifs is 2. The second-order valence-corrected chi connectivity index (χ2v) is 6.02. The Kier molecular flexibility index (Phi) is 5.98. The maximum absolute atomic E-state index is 2.42. The van der Waals surface area contributed by atoms with Crippen molar-refractivity contribution in [1.82, 2.24) is 4.90 Å². The smallest absolute Gasteiger partial charge is 0.00101 e. The van der Waals surface area contributed by atoms with Gasteiger partial charge in [0.2, 0.25) is 0 Å². The summed E-state index contributed by atoms with van der Waals surface area (Å²) >= 11 is 0. The Morgan fingerprint density at radius 2 is 1.36 bits per heavy atom. The molecule has 3 rings (SSSR count). The van der Waals surface area contributed by atoms with Crippen molar-refractivity contribution in [2.45, 2.75) is 19.3 Å². The molecule has 0 saturated heterocycles. The molecule has 0 aromatic heterocycles. The topological polar surface area (TPSA) is 3.24 Å². The molecule has 1 nitrogen and oxygen atoms in total. The van der Waals surface area contributed by atoms with Crippen LogP contribution >= 0.6 is 17.0 Å². The Bertz CT molecular complexity index is 609. The van der Waals surface area contributed by atoms with Gasteiger partial charge in [-0.3, -0.25) is 0 Å². The van der Waals surface area contributed by atoms with Crippen LogP contribution in [-0.2, 0) is 12.8 Å². The zero-order valence-corrected chi connectivity index (χ0v) is 15.1. The fraction of sp³-hybridized carbons (Fsp3) is 0.300. The van der Waals surface area contributed by atoms with Crippen molar-refractivity contribution in [3.63, 3.8) is 0 Å². The largest absolute Gasteiger partial charge is 0.309 e. The minimum Gasteiger partial charge on any atom is -0.309 e. The third kappa shape index (κ3) is 3.68. The van der Waals surface area contributed by atoms with E-state index in [0.717, 1.165) is 25.8 Å². The van der Waals surface area contributed by atoms with Crippen LogP contribution < -0.4 is 0 Å². The molecule has 0 atom stereocenters. The van der Waals surface area contributed by atoms with E-state index >= 15 is 0 Å². The number of halogens is 1. The van der Waals surface area contributed by atoms with Crippen LogP contribution in [0.3, 0.4) is 0 Å². The molecule has 0 amide bonds. The molecule has 22 heavy (non-hydrogen) atoms. The summed E-state index contributed by atoms with van der Waals surface area (Å²) in [6, 6.07) is 17.7. The van der Waals surface area contributed by atoms with E-state index in [9.17, 15) is 0 Å². The molecule has 0 N–H and O–H groups in total. The van der Waals surface area contributed by atoms with Gasteiger partial charge in [0.15, 0.2) is 0 Å². The third-order valence-electron chi connectivity index (χ3n) is 4.20. The van der Waals surface area contributed by atoms with Crippen LogP contribution in [0.25, 0.3) is 5.57 Å². The first-order valence-corrected chi connectivity index (χ1v) is 7.77. The van der Waals surface area contributed by atoms with E-state index in [0.29, 0.717) is 0 Å². The van der Waals surface area contributed by atoms with Crippen molar-refractivity contribution < 1.29 is 0 Å². The minimum atomic E-state index is 0. The highest BCUT2D eigenvalue weighted by Crippen LogP contribution is 2.33. The number of hydrogen-bond donors (Lipinski definition) is 0. The molecule has 116 valence electrons. The third-order valence-corrected chi connectivity index (χ3v) is 4.20. The Morgan fingerprint density at radius 1 is 0.864 bits per heavy atom. The van der Waals surface area contributed by atoms with Crippen molar-refractivity contribution in [1.29, 1.82) is 0 Å². The number of aryl methyl sites for hydroxylation is 2. The fourth-order valence-electron chi connectivity index (χ4n) is 3.10. The molecule has 0 spiro atoms. The first-order chi connectivity index (χ1) is 10.3. The Balaban J connectivity index is 0.00000176. The summed E-state index contributed by atoms with van der Waals surface area (Å²) in [7, 11) is 4.26. The summed E-state index contributed by atoms with van der Waals surface area (Å²) in [6.07, 6.45) is 5.78. The molecule has 1 aliphatic carbocycles. The van der Waals surface area contributed by atoms with Crippen molar-refractivity contribution in [3.05, 3.63) is 76.9 Å². The van der Waals surface area contributed by atoms with Crippen LogP contribution in [0.15, 0.2) is 54.6 Å². The normalized spacial score (nSPS) is 13.0. The van der Waals surface area contributed by atoms with Crippen molar-refractivity contribution in [3.8, 4) is 0 Å². The van der Waals surface area contributed by atoms with Gasteiger partial charge in [0.1, 0.15) is 0 Å². The molecule has 2 aromatic rings. The highest BCUT2D eigenvalue weighted by molar-refractivity contribution is 8.93. The maximum Gasteiger partial charge on any atom is 0.00101 e. The Morgan fingerprint density at radius 3 is 1.86 bits per heavy atom. The summed E-state index contributed by atoms with van der Waals surface area (Å²) < 4.78 is 0. The van der Waals surface area contributed by atoms with E-state index in [1.165, 1.54) is 27.8 Å². The predicted octanol–water partition coefficient (Wildman–Crippen LogP) is 4.75. The summed E-state index contributed by atoms with van der Waals surface area (Å²) in [5.74, 6) is 0. The summed E-state index contributed by atoms with van der Waals surface area (Å²) in [6.45, 7) is 1.09. The molecule has 0 bridgehead atoms. The number of rotatable bonds is 3. The SMILES string of the molecule is Br.CN(C)CCC=C1c2ccccc2CCc2ccccc21. The fourth-order valence-corrected chi connectivity index (χ4v) is 3.10. The molecule has 2 aromatic carbocycles. The number of nitrogens with zero attached hydrogens (tertiary/aromatic N) is 1. The van der Waals surface area contributed by atoms with Crippen molar-refractivity contribution >= 4 is 22.6 Å². The Labute approximate surface area is 144 Å². The quantitative estimate of drug-likeness (QED) is 0.766. The second kappa shape index (κ2) is 7.75. The first kappa shape index (κ1) is 17.0. The van der Waals surface area contributed by atoms with E-state index < -0.39 is 0 Å². The lowest BCUT2D eigenvalue weighted by Crippen LogP contribution is -2.12. The molecule has 0 unspecified atom stereocenters. The van der Waals surface area contributed by atoms with Gasteiger partial charge in [0, 0.05) is 6.54 Å².